The van der Waals surface area contributed by atoms with Crippen LogP contribution in [-0.2, 0) is 0 Å². The summed E-state index contributed by atoms with van der Waals surface area (Å²) in [5, 5.41) is 2.90. The van der Waals surface area contributed by atoms with Gasteiger partial charge in [-0.05, 0) is 29.8 Å². The Hall–Kier alpha value is -2.49. The maximum Gasteiger partial charge on any atom is 0.322 e. The quantitative estimate of drug-likeness (QED) is 0.929. The van der Waals surface area contributed by atoms with Crippen LogP contribution in [0.15, 0.2) is 54.6 Å². The van der Waals surface area contributed by atoms with Gasteiger partial charge in [0.05, 0.1) is 13.2 Å². The zero-order chi connectivity index (χ0) is 13.9. The zero-order valence-corrected chi connectivity index (χ0v) is 11.2. The number of hydrogen-bond donors (Lipinski definition) is 1. The van der Waals surface area contributed by atoms with E-state index < -0.39 is 0 Å². The number of amides is 2. The van der Waals surface area contributed by atoms with E-state index in [1.54, 1.807) is 12.0 Å². The molecule has 1 heterocycles. The van der Waals surface area contributed by atoms with Crippen LogP contribution in [-0.4, -0.2) is 19.7 Å². The van der Waals surface area contributed by atoms with Crippen molar-refractivity contribution in [2.75, 3.05) is 18.6 Å². The molecule has 1 aliphatic heterocycles. The molecule has 1 saturated heterocycles. The summed E-state index contributed by atoms with van der Waals surface area (Å²) >= 11 is 0. The fourth-order valence-corrected chi connectivity index (χ4v) is 2.50. The van der Waals surface area contributed by atoms with Gasteiger partial charge < -0.3 is 10.1 Å². The van der Waals surface area contributed by atoms with E-state index in [0.29, 0.717) is 6.54 Å². The summed E-state index contributed by atoms with van der Waals surface area (Å²) in [6.45, 7) is 0.598. The molecule has 1 aliphatic rings. The number of benzene rings is 2. The number of nitrogens with one attached hydrogen (secondary N) is 1. The second-order valence-electron chi connectivity index (χ2n) is 4.68. The monoisotopic (exact) mass is 268 g/mol. The van der Waals surface area contributed by atoms with E-state index in [0.717, 1.165) is 17.0 Å². The Labute approximate surface area is 118 Å². The van der Waals surface area contributed by atoms with Crippen LogP contribution in [0.3, 0.4) is 0 Å². The van der Waals surface area contributed by atoms with E-state index in [9.17, 15) is 4.79 Å². The van der Waals surface area contributed by atoms with Gasteiger partial charge in [-0.15, -0.1) is 0 Å². The van der Waals surface area contributed by atoms with Crippen molar-refractivity contribution in [2.45, 2.75) is 6.04 Å². The standard InChI is InChI=1S/C16H16N2O2/c1-20-14-9-5-6-12(10-14)15-11-17-16(19)18(15)13-7-3-2-4-8-13/h2-10,15H,11H2,1H3,(H,17,19). The van der Waals surface area contributed by atoms with Crippen LogP contribution >= 0.6 is 0 Å². The second-order valence-corrected chi connectivity index (χ2v) is 4.68. The molecule has 2 aromatic rings. The molecule has 0 aromatic heterocycles. The number of rotatable bonds is 3. The number of ether oxygens (including phenoxy) is 1. The minimum Gasteiger partial charge on any atom is -0.497 e. The lowest BCUT2D eigenvalue weighted by atomic mass is 10.1. The van der Waals surface area contributed by atoms with Gasteiger partial charge in [0.1, 0.15) is 5.75 Å². The van der Waals surface area contributed by atoms with E-state index >= 15 is 0 Å². The molecule has 1 fully saturated rings. The molecule has 0 saturated carbocycles. The Morgan fingerprint density at radius 2 is 1.95 bits per heavy atom. The molecule has 0 spiro atoms. The molecule has 2 amide bonds. The third-order valence-corrected chi connectivity index (χ3v) is 3.49. The number of carbonyl (C=O) groups excluding carboxylic acids is 1. The molecule has 4 nitrogen and oxygen atoms in total. The SMILES string of the molecule is COc1cccc(C2CNC(=O)N2c2ccccc2)c1. The molecular formula is C16H16N2O2. The maximum atomic E-state index is 12.1. The van der Waals surface area contributed by atoms with E-state index in [1.807, 2.05) is 54.6 Å². The van der Waals surface area contributed by atoms with Crippen molar-refractivity contribution in [3.63, 3.8) is 0 Å². The highest BCUT2D eigenvalue weighted by atomic mass is 16.5. The fraction of sp³-hybridized carbons (Fsp3) is 0.188. The van der Waals surface area contributed by atoms with Gasteiger partial charge in [-0.2, -0.15) is 0 Å². The number of methoxy groups -OCH3 is 1. The van der Waals surface area contributed by atoms with Crippen molar-refractivity contribution < 1.29 is 9.53 Å². The first-order valence-electron chi connectivity index (χ1n) is 6.55. The van der Waals surface area contributed by atoms with E-state index in [4.69, 9.17) is 4.74 Å². The van der Waals surface area contributed by atoms with Crippen LogP contribution < -0.4 is 15.0 Å². The van der Waals surface area contributed by atoms with Crippen LogP contribution in [0.1, 0.15) is 11.6 Å². The Kier molecular flexibility index (Phi) is 3.29. The third-order valence-electron chi connectivity index (χ3n) is 3.49. The molecular weight excluding hydrogens is 252 g/mol. The normalized spacial score (nSPS) is 17.9. The fourth-order valence-electron chi connectivity index (χ4n) is 2.50. The molecule has 102 valence electrons. The average molecular weight is 268 g/mol. The molecule has 3 rings (SSSR count). The first kappa shape index (κ1) is 12.5. The van der Waals surface area contributed by atoms with Crippen molar-refractivity contribution in [3.8, 4) is 5.75 Å². The van der Waals surface area contributed by atoms with Crippen LogP contribution in [0.2, 0.25) is 0 Å². The van der Waals surface area contributed by atoms with Gasteiger partial charge in [-0.1, -0.05) is 30.3 Å². The number of para-hydroxylation sites is 1. The van der Waals surface area contributed by atoms with Gasteiger partial charge in [0, 0.05) is 12.2 Å². The smallest absolute Gasteiger partial charge is 0.322 e. The number of hydrogen-bond acceptors (Lipinski definition) is 2. The maximum absolute atomic E-state index is 12.1. The number of nitrogens with zero attached hydrogens (tertiary/aromatic N) is 1. The molecule has 0 bridgehead atoms. The molecule has 0 aliphatic carbocycles. The lowest BCUT2D eigenvalue weighted by molar-refractivity contribution is 0.251. The van der Waals surface area contributed by atoms with Crippen molar-refractivity contribution in [3.05, 3.63) is 60.2 Å². The molecule has 1 N–H and O–H groups in total. The van der Waals surface area contributed by atoms with E-state index in [1.165, 1.54) is 0 Å². The summed E-state index contributed by atoms with van der Waals surface area (Å²) in [5.41, 5.74) is 1.96. The Morgan fingerprint density at radius 3 is 2.70 bits per heavy atom. The topological polar surface area (TPSA) is 41.6 Å². The van der Waals surface area contributed by atoms with Crippen molar-refractivity contribution in [1.29, 1.82) is 0 Å². The molecule has 4 heteroatoms. The first-order valence-corrected chi connectivity index (χ1v) is 6.55. The lowest BCUT2D eigenvalue weighted by Crippen LogP contribution is -2.29. The van der Waals surface area contributed by atoms with E-state index in [2.05, 4.69) is 5.32 Å². The van der Waals surface area contributed by atoms with Crippen molar-refractivity contribution >= 4 is 11.7 Å². The Bertz CT molecular complexity index is 613. The number of carbonyl (C=O) groups is 1. The highest BCUT2D eigenvalue weighted by Crippen LogP contribution is 2.31. The van der Waals surface area contributed by atoms with Gasteiger partial charge in [-0.25, -0.2) is 4.79 Å². The summed E-state index contributed by atoms with van der Waals surface area (Å²) in [4.78, 5) is 13.9. The predicted molar refractivity (Wildman–Crippen MR) is 78.1 cm³/mol. The lowest BCUT2D eigenvalue weighted by Gasteiger charge is -2.23. The summed E-state index contributed by atoms with van der Waals surface area (Å²) in [5.74, 6) is 0.801. The second kappa shape index (κ2) is 5.25. The number of urea groups is 1. The summed E-state index contributed by atoms with van der Waals surface area (Å²) < 4.78 is 5.26. The molecule has 0 radical (unpaired) electrons. The largest absolute Gasteiger partial charge is 0.497 e. The summed E-state index contributed by atoms with van der Waals surface area (Å²) in [6, 6.07) is 17.5. The highest BCUT2D eigenvalue weighted by Gasteiger charge is 2.33. The van der Waals surface area contributed by atoms with Crippen molar-refractivity contribution in [2.24, 2.45) is 0 Å². The van der Waals surface area contributed by atoms with Gasteiger partial charge in [0.15, 0.2) is 0 Å². The third kappa shape index (κ3) is 2.20. The first-order chi connectivity index (χ1) is 9.79. The van der Waals surface area contributed by atoms with Crippen molar-refractivity contribution in [1.82, 2.24) is 5.32 Å². The van der Waals surface area contributed by atoms with E-state index in [-0.39, 0.29) is 12.1 Å². The zero-order valence-electron chi connectivity index (χ0n) is 11.2. The van der Waals surface area contributed by atoms with Crippen LogP contribution in [0, 0.1) is 0 Å². The minimum absolute atomic E-state index is 0.0139. The van der Waals surface area contributed by atoms with Crippen LogP contribution in [0.25, 0.3) is 0 Å². The predicted octanol–water partition coefficient (Wildman–Crippen LogP) is 2.97. The van der Waals surface area contributed by atoms with Gasteiger partial charge in [0.2, 0.25) is 0 Å². The van der Waals surface area contributed by atoms with Gasteiger partial charge in [-0.3, -0.25) is 4.90 Å². The molecule has 1 atom stereocenters. The average Bonchev–Trinajstić information content (AvgIpc) is 2.90. The van der Waals surface area contributed by atoms with Gasteiger partial charge in [0.25, 0.3) is 0 Å². The highest BCUT2D eigenvalue weighted by molar-refractivity contribution is 5.95. The van der Waals surface area contributed by atoms with Gasteiger partial charge >= 0.3 is 6.03 Å². The summed E-state index contributed by atoms with van der Waals surface area (Å²) in [6.07, 6.45) is 0. The van der Waals surface area contributed by atoms with Crippen LogP contribution in [0.4, 0.5) is 10.5 Å². The minimum atomic E-state index is -0.0657. The van der Waals surface area contributed by atoms with Crippen LogP contribution in [0.5, 0.6) is 5.75 Å². The summed E-state index contributed by atoms with van der Waals surface area (Å²) in [7, 11) is 1.64. The Balaban J connectivity index is 1.97. The molecule has 20 heavy (non-hydrogen) atoms. The molecule has 2 aromatic carbocycles. The Morgan fingerprint density at radius 1 is 1.15 bits per heavy atom. The molecule has 1 unspecified atom stereocenters. The number of anilines is 1.